The van der Waals surface area contributed by atoms with E-state index in [1.165, 1.54) is 7.11 Å². The van der Waals surface area contributed by atoms with Crippen LogP contribution in [0.25, 0.3) is 0 Å². The predicted octanol–water partition coefficient (Wildman–Crippen LogP) is 3.37. The molecule has 0 saturated heterocycles. The first-order valence-electron chi connectivity index (χ1n) is 8.71. The maximum Gasteiger partial charge on any atom is 0.408 e. The second-order valence-electron chi connectivity index (χ2n) is 8.07. The molecular weight excluding hydrogens is 338 g/mol. The summed E-state index contributed by atoms with van der Waals surface area (Å²) in [5.74, 6) is -1.43. The minimum absolute atomic E-state index is 0.0925. The van der Waals surface area contributed by atoms with Crippen LogP contribution in [-0.4, -0.2) is 42.4 Å². The third-order valence-electron chi connectivity index (χ3n) is 2.96. The van der Waals surface area contributed by atoms with E-state index in [-0.39, 0.29) is 24.9 Å². The molecule has 0 rings (SSSR count). The number of nitrogens with one attached hydrogen (secondary N) is 1. The summed E-state index contributed by atoms with van der Waals surface area (Å²) in [4.78, 5) is 35.4. The number of esters is 2. The molecule has 7 heteroatoms. The first-order chi connectivity index (χ1) is 11.7. The van der Waals surface area contributed by atoms with Gasteiger partial charge in [0.15, 0.2) is 0 Å². The molecule has 0 heterocycles. The molecule has 0 aromatic rings. The van der Waals surface area contributed by atoms with Crippen LogP contribution in [0.4, 0.5) is 4.79 Å². The molecule has 150 valence electrons. The zero-order chi connectivity index (χ0) is 20.5. The van der Waals surface area contributed by atoms with Gasteiger partial charge in [0.05, 0.1) is 13.0 Å². The van der Waals surface area contributed by atoms with Crippen molar-refractivity contribution in [3.8, 4) is 0 Å². The summed E-state index contributed by atoms with van der Waals surface area (Å²) >= 11 is 0. The molecule has 7 nitrogen and oxygen atoms in total. The Morgan fingerprint density at radius 3 is 1.96 bits per heavy atom. The highest BCUT2D eigenvalue weighted by molar-refractivity contribution is 5.76. The average molecular weight is 371 g/mol. The van der Waals surface area contributed by atoms with Gasteiger partial charge < -0.3 is 19.5 Å². The van der Waals surface area contributed by atoms with Gasteiger partial charge in [0.2, 0.25) is 0 Å². The van der Waals surface area contributed by atoms with Crippen molar-refractivity contribution < 1.29 is 28.6 Å². The topological polar surface area (TPSA) is 90.9 Å². The lowest BCUT2D eigenvalue weighted by molar-refractivity contribution is -0.155. The van der Waals surface area contributed by atoms with Crippen molar-refractivity contribution >= 4 is 18.0 Å². The van der Waals surface area contributed by atoms with Crippen LogP contribution in [0, 0.1) is 5.92 Å². The number of carbonyl (C=O) groups excluding carboxylic acids is 3. The molecule has 0 saturated carbocycles. The highest BCUT2D eigenvalue weighted by Gasteiger charge is 2.22. The van der Waals surface area contributed by atoms with Gasteiger partial charge in [-0.3, -0.25) is 9.59 Å². The van der Waals surface area contributed by atoms with Crippen molar-refractivity contribution in [2.24, 2.45) is 5.92 Å². The number of methoxy groups -OCH3 is 1. The fourth-order valence-electron chi connectivity index (χ4n) is 1.95. The van der Waals surface area contributed by atoms with Gasteiger partial charge in [-0.1, -0.05) is 12.2 Å². The van der Waals surface area contributed by atoms with Gasteiger partial charge >= 0.3 is 18.0 Å². The molecule has 0 aromatic heterocycles. The van der Waals surface area contributed by atoms with Gasteiger partial charge in [0, 0.05) is 12.5 Å². The maximum atomic E-state index is 11.9. The van der Waals surface area contributed by atoms with E-state index in [9.17, 15) is 14.4 Å². The molecule has 0 aromatic carbocycles. The summed E-state index contributed by atoms with van der Waals surface area (Å²) < 4.78 is 15.2. The third kappa shape index (κ3) is 12.3. The highest BCUT2D eigenvalue weighted by atomic mass is 16.6. The third-order valence-corrected chi connectivity index (χ3v) is 2.96. The molecule has 0 radical (unpaired) electrons. The van der Waals surface area contributed by atoms with Gasteiger partial charge in [-0.15, -0.1) is 0 Å². The van der Waals surface area contributed by atoms with Gasteiger partial charge in [0.25, 0.3) is 0 Å². The standard InChI is InChI=1S/C19H33NO6/c1-13(20-17(23)26-19(5,6)7)9-10-14(16(22)24-8)11-12-15(21)25-18(2,3)4/h9-10,13-14H,11-12H2,1-8H3,(H,20,23)/t13?,14-/m0/s1. The fraction of sp³-hybridized carbons (Fsp3) is 0.737. The van der Waals surface area contributed by atoms with E-state index in [2.05, 4.69) is 5.32 Å². The minimum atomic E-state index is -0.601. The van der Waals surface area contributed by atoms with Crippen molar-refractivity contribution in [3.63, 3.8) is 0 Å². The Balaban J connectivity index is 4.70. The molecule has 1 N–H and O–H groups in total. The monoisotopic (exact) mass is 371 g/mol. The number of amides is 1. The molecule has 1 amide bonds. The van der Waals surface area contributed by atoms with E-state index in [0.717, 1.165) is 0 Å². The van der Waals surface area contributed by atoms with Gasteiger partial charge in [-0.05, 0) is 54.9 Å². The second kappa shape index (κ2) is 10.2. The van der Waals surface area contributed by atoms with Crippen LogP contribution in [-0.2, 0) is 23.8 Å². The van der Waals surface area contributed by atoms with Gasteiger partial charge in [0.1, 0.15) is 11.2 Å². The lowest BCUT2D eigenvalue weighted by Gasteiger charge is -2.21. The second-order valence-corrected chi connectivity index (χ2v) is 8.07. The summed E-state index contributed by atoms with van der Waals surface area (Å²) in [5.41, 5.74) is -1.16. The number of ether oxygens (including phenoxy) is 3. The molecular formula is C19H33NO6. The van der Waals surface area contributed by atoms with E-state index < -0.39 is 29.2 Å². The Kier molecular flexibility index (Phi) is 9.38. The Bertz CT molecular complexity index is 513. The normalized spacial score (nSPS) is 14.5. The van der Waals surface area contributed by atoms with Crippen LogP contribution in [0.3, 0.4) is 0 Å². The molecule has 0 aliphatic carbocycles. The van der Waals surface area contributed by atoms with Crippen molar-refractivity contribution in [1.29, 1.82) is 0 Å². The van der Waals surface area contributed by atoms with Crippen LogP contribution in [0.2, 0.25) is 0 Å². The summed E-state index contributed by atoms with van der Waals surface area (Å²) in [6.07, 6.45) is 3.10. The number of hydrogen-bond acceptors (Lipinski definition) is 6. The lowest BCUT2D eigenvalue weighted by Crippen LogP contribution is -2.36. The molecule has 2 atom stereocenters. The molecule has 0 spiro atoms. The van der Waals surface area contributed by atoms with Crippen molar-refractivity contribution in [3.05, 3.63) is 12.2 Å². The summed E-state index contributed by atoms with van der Waals surface area (Å²) in [6.45, 7) is 12.4. The van der Waals surface area contributed by atoms with Crippen molar-refractivity contribution in [1.82, 2.24) is 5.32 Å². The summed E-state index contributed by atoms with van der Waals surface area (Å²) in [5, 5.41) is 2.65. The Morgan fingerprint density at radius 1 is 0.962 bits per heavy atom. The van der Waals surface area contributed by atoms with Crippen LogP contribution >= 0.6 is 0 Å². The summed E-state index contributed by atoms with van der Waals surface area (Å²) in [7, 11) is 1.29. The first kappa shape index (κ1) is 23.9. The fourth-order valence-corrected chi connectivity index (χ4v) is 1.95. The summed E-state index contributed by atoms with van der Waals surface area (Å²) in [6, 6.07) is -0.349. The SMILES string of the molecule is COC(=O)[C@@H](C=CC(C)NC(=O)OC(C)(C)C)CCC(=O)OC(C)(C)C. The molecule has 0 aliphatic rings. The zero-order valence-electron chi connectivity index (χ0n) is 17.2. The van der Waals surface area contributed by atoms with Crippen LogP contribution in [0.1, 0.15) is 61.3 Å². The smallest absolute Gasteiger partial charge is 0.408 e. The number of rotatable bonds is 7. The molecule has 0 bridgehead atoms. The van der Waals surface area contributed by atoms with Crippen LogP contribution in [0.15, 0.2) is 12.2 Å². The van der Waals surface area contributed by atoms with Gasteiger partial charge in [-0.2, -0.15) is 0 Å². The van der Waals surface area contributed by atoms with E-state index in [1.54, 1.807) is 60.6 Å². The molecule has 1 unspecified atom stereocenters. The molecule has 26 heavy (non-hydrogen) atoms. The minimum Gasteiger partial charge on any atom is -0.469 e. The zero-order valence-corrected chi connectivity index (χ0v) is 17.2. The lowest BCUT2D eigenvalue weighted by atomic mass is 10.0. The Hall–Kier alpha value is -2.05. The maximum absolute atomic E-state index is 11.9. The number of carbonyl (C=O) groups is 3. The molecule has 0 fully saturated rings. The van der Waals surface area contributed by atoms with Crippen molar-refractivity contribution in [2.45, 2.75) is 78.6 Å². The average Bonchev–Trinajstić information content (AvgIpc) is 2.42. The van der Waals surface area contributed by atoms with E-state index >= 15 is 0 Å². The van der Waals surface area contributed by atoms with Crippen LogP contribution in [0.5, 0.6) is 0 Å². The van der Waals surface area contributed by atoms with Crippen LogP contribution < -0.4 is 5.32 Å². The largest absolute Gasteiger partial charge is 0.469 e. The molecule has 0 aliphatic heterocycles. The first-order valence-corrected chi connectivity index (χ1v) is 8.71. The van der Waals surface area contributed by atoms with Gasteiger partial charge in [-0.25, -0.2) is 4.79 Å². The number of alkyl carbamates (subject to hydrolysis) is 1. The Morgan fingerprint density at radius 2 is 1.50 bits per heavy atom. The predicted molar refractivity (Wildman–Crippen MR) is 98.6 cm³/mol. The van der Waals surface area contributed by atoms with Crippen molar-refractivity contribution in [2.75, 3.05) is 7.11 Å². The number of hydrogen-bond donors (Lipinski definition) is 1. The van der Waals surface area contributed by atoms with E-state index in [0.29, 0.717) is 0 Å². The Labute approximate surface area is 156 Å². The van der Waals surface area contributed by atoms with E-state index in [4.69, 9.17) is 14.2 Å². The van der Waals surface area contributed by atoms with E-state index in [1.807, 2.05) is 0 Å². The highest BCUT2D eigenvalue weighted by Crippen LogP contribution is 2.15. The quantitative estimate of drug-likeness (QED) is 0.419.